The summed E-state index contributed by atoms with van der Waals surface area (Å²) in [5.41, 5.74) is 0. The summed E-state index contributed by atoms with van der Waals surface area (Å²) in [6, 6.07) is 0.641. The summed E-state index contributed by atoms with van der Waals surface area (Å²) in [6.45, 7) is 0. The Kier molecular flexibility index (Phi) is 4.06. The normalized spacial score (nSPS) is 16.0. The van der Waals surface area contributed by atoms with Gasteiger partial charge in [0, 0.05) is 12.6 Å². The highest BCUT2D eigenvalue weighted by atomic mass is 32.2. The SMILES string of the molecule is O=S(=O)(Nc1nnc(CC2CCCC2)o1)c1cncc(F)c1. The smallest absolute Gasteiger partial charge is 0.329 e. The Labute approximate surface area is 127 Å². The largest absolute Gasteiger partial charge is 0.407 e. The second-order valence-electron chi connectivity index (χ2n) is 5.30. The molecule has 1 aliphatic rings. The van der Waals surface area contributed by atoms with Crippen LogP contribution >= 0.6 is 0 Å². The molecule has 0 spiro atoms. The van der Waals surface area contributed by atoms with E-state index in [0.717, 1.165) is 31.3 Å². The maximum absolute atomic E-state index is 13.1. The molecule has 1 N–H and O–H groups in total. The molecule has 1 aliphatic carbocycles. The lowest BCUT2D eigenvalue weighted by Crippen LogP contribution is -2.13. The van der Waals surface area contributed by atoms with E-state index in [4.69, 9.17) is 4.42 Å². The predicted octanol–water partition coefficient (Wildman–Crippen LogP) is 2.14. The van der Waals surface area contributed by atoms with Gasteiger partial charge in [-0.3, -0.25) is 4.98 Å². The van der Waals surface area contributed by atoms with Crippen LogP contribution < -0.4 is 4.72 Å². The van der Waals surface area contributed by atoms with Crippen molar-refractivity contribution in [3.8, 4) is 0 Å². The Hall–Kier alpha value is -2.03. The van der Waals surface area contributed by atoms with Gasteiger partial charge in [0.1, 0.15) is 10.7 Å². The minimum absolute atomic E-state index is 0.225. The van der Waals surface area contributed by atoms with E-state index in [0.29, 0.717) is 18.2 Å². The lowest BCUT2D eigenvalue weighted by atomic mass is 10.0. The highest BCUT2D eigenvalue weighted by Gasteiger charge is 2.21. The molecule has 22 heavy (non-hydrogen) atoms. The molecular formula is C13H15FN4O3S. The zero-order valence-corrected chi connectivity index (χ0v) is 12.5. The Bertz CT molecular complexity index is 756. The van der Waals surface area contributed by atoms with E-state index in [2.05, 4.69) is 19.9 Å². The molecule has 0 aliphatic heterocycles. The molecule has 2 heterocycles. The number of rotatable bonds is 5. The Balaban J connectivity index is 1.71. The number of halogens is 1. The molecule has 0 amide bonds. The number of anilines is 1. The summed E-state index contributed by atoms with van der Waals surface area (Å²) < 4.78 is 44.6. The lowest BCUT2D eigenvalue weighted by molar-refractivity contribution is 0.439. The lowest BCUT2D eigenvalue weighted by Gasteiger charge is -2.04. The fourth-order valence-electron chi connectivity index (χ4n) is 2.55. The number of hydrogen-bond donors (Lipinski definition) is 1. The van der Waals surface area contributed by atoms with E-state index < -0.39 is 15.8 Å². The average molecular weight is 326 g/mol. The van der Waals surface area contributed by atoms with E-state index in [-0.39, 0.29) is 10.9 Å². The first-order valence-corrected chi connectivity index (χ1v) is 8.47. The van der Waals surface area contributed by atoms with Crippen LogP contribution in [-0.4, -0.2) is 23.6 Å². The van der Waals surface area contributed by atoms with Gasteiger partial charge in [0.2, 0.25) is 5.89 Å². The Morgan fingerprint density at radius 2 is 2.05 bits per heavy atom. The maximum Gasteiger partial charge on any atom is 0.329 e. The third-order valence-electron chi connectivity index (χ3n) is 3.62. The van der Waals surface area contributed by atoms with Crippen molar-refractivity contribution in [2.24, 2.45) is 5.92 Å². The van der Waals surface area contributed by atoms with Crippen molar-refractivity contribution in [3.05, 3.63) is 30.2 Å². The van der Waals surface area contributed by atoms with Crippen LogP contribution in [0.1, 0.15) is 31.6 Å². The summed E-state index contributed by atoms with van der Waals surface area (Å²) >= 11 is 0. The Morgan fingerprint density at radius 1 is 1.27 bits per heavy atom. The summed E-state index contributed by atoms with van der Waals surface area (Å²) in [5, 5.41) is 7.51. The third kappa shape index (κ3) is 3.41. The monoisotopic (exact) mass is 326 g/mol. The van der Waals surface area contributed by atoms with E-state index in [1.54, 1.807) is 0 Å². The molecule has 1 saturated carbocycles. The van der Waals surface area contributed by atoms with Gasteiger partial charge in [-0.25, -0.2) is 17.5 Å². The van der Waals surface area contributed by atoms with Gasteiger partial charge in [0.15, 0.2) is 0 Å². The zero-order chi connectivity index (χ0) is 15.6. The Morgan fingerprint density at radius 3 is 2.77 bits per heavy atom. The van der Waals surface area contributed by atoms with Crippen LogP contribution in [0.3, 0.4) is 0 Å². The number of nitrogens with one attached hydrogen (secondary N) is 1. The summed E-state index contributed by atoms with van der Waals surface area (Å²) in [5.74, 6) is 0.176. The first-order chi connectivity index (χ1) is 10.5. The van der Waals surface area contributed by atoms with Crippen LogP contribution in [0, 0.1) is 11.7 Å². The van der Waals surface area contributed by atoms with Gasteiger partial charge in [-0.1, -0.05) is 17.9 Å². The van der Waals surface area contributed by atoms with Crippen molar-refractivity contribution in [2.45, 2.75) is 37.0 Å². The molecule has 0 atom stereocenters. The molecule has 9 heteroatoms. The number of hydrogen-bond acceptors (Lipinski definition) is 6. The van der Waals surface area contributed by atoms with Gasteiger partial charge in [0.05, 0.1) is 6.20 Å². The number of nitrogens with zero attached hydrogens (tertiary/aromatic N) is 3. The second-order valence-corrected chi connectivity index (χ2v) is 6.98. The average Bonchev–Trinajstić information content (AvgIpc) is 3.11. The van der Waals surface area contributed by atoms with Crippen molar-refractivity contribution >= 4 is 16.0 Å². The first-order valence-electron chi connectivity index (χ1n) is 6.99. The molecule has 2 aromatic heterocycles. The summed E-state index contributed by atoms with van der Waals surface area (Å²) in [6.07, 6.45) is 7.26. The fraction of sp³-hybridized carbons (Fsp3) is 0.462. The molecule has 0 radical (unpaired) electrons. The molecule has 0 saturated heterocycles. The minimum atomic E-state index is -4.00. The van der Waals surface area contributed by atoms with Crippen molar-refractivity contribution in [2.75, 3.05) is 4.72 Å². The number of sulfonamides is 1. The van der Waals surface area contributed by atoms with Crippen molar-refractivity contribution in [1.82, 2.24) is 15.2 Å². The highest BCUT2D eigenvalue weighted by Crippen LogP contribution is 2.28. The van der Waals surface area contributed by atoms with E-state index in [1.807, 2.05) is 0 Å². The molecule has 0 aromatic carbocycles. The molecule has 1 fully saturated rings. The van der Waals surface area contributed by atoms with Crippen molar-refractivity contribution in [3.63, 3.8) is 0 Å². The highest BCUT2D eigenvalue weighted by molar-refractivity contribution is 7.92. The predicted molar refractivity (Wildman–Crippen MR) is 75.0 cm³/mol. The van der Waals surface area contributed by atoms with Gasteiger partial charge >= 0.3 is 6.01 Å². The van der Waals surface area contributed by atoms with E-state index in [9.17, 15) is 12.8 Å². The van der Waals surface area contributed by atoms with Crippen LogP contribution in [0.15, 0.2) is 27.8 Å². The molecule has 2 aromatic rings. The molecule has 118 valence electrons. The number of pyridine rings is 1. The molecule has 7 nitrogen and oxygen atoms in total. The molecule has 0 unspecified atom stereocenters. The van der Waals surface area contributed by atoms with Gasteiger partial charge < -0.3 is 4.42 Å². The second kappa shape index (κ2) is 5.99. The van der Waals surface area contributed by atoms with Gasteiger partial charge in [-0.05, 0) is 24.8 Å². The number of aromatic nitrogens is 3. The van der Waals surface area contributed by atoms with Gasteiger partial charge in [-0.15, -0.1) is 5.10 Å². The fourth-order valence-corrected chi connectivity index (χ4v) is 3.45. The maximum atomic E-state index is 13.1. The zero-order valence-electron chi connectivity index (χ0n) is 11.7. The van der Waals surface area contributed by atoms with E-state index >= 15 is 0 Å². The third-order valence-corrected chi connectivity index (χ3v) is 4.90. The molecule has 0 bridgehead atoms. The van der Waals surface area contributed by atoms with Crippen LogP contribution in [0.25, 0.3) is 0 Å². The van der Waals surface area contributed by atoms with Crippen molar-refractivity contribution in [1.29, 1.82) is 0 Å². The topological polar surface area (TPSA) is 98.0 Å². The standard InChI is InChI=1S/C13H15FN4O3S/c14-10-6-11(8-15-7-10)22(19,20)18-13-17-16-12(21-13)5-9-3-1-2-4-9/h6-9H,1-5H2,(H,17,18). The van der Waals surface area contributed by atoms with Crippen LogP contribution in [0.5, 0.6) is 0 Å². The summed E-state index contributed by atoms with van der Waals surface area (Å²) in [4.78, 5) is 3.20. The van der Waals surface area contributed by atoms with Crippen LogP contribution in [0.2, 0.25) is 0 Å². The minimum Gasteiger partial charge on any atom is -0.407 e. The van der Waals surface area contributed by atoms with Gasteiger partial charge in [-0.2, -0.15) is 0 Å². The first kappa shape index (κ1) is 14.9. The quantitative estimate of drug-likeness (QED) is 0.904. The molecule has 3 rings (SSSR count). The molecular weight excluding hydrogens is 311 g/mol. The van der Waals surface area contributed by atoms with Crippen LogP contribution in [-0.2, 0) is 16.4 Å². The van der Waals surface area contributed by atoms with E-state index in [1.165, 1.54) is 12.8 Å². The summed E-state index contributed by atoms with van der Waals surface area (Å²) in [7, 11) is -4.00. The van der Waals surface area contributed by atoms with Crippen molar-refractivity contribution < 1.29 is 17.2 Å². The van der Waals surface area contributed by atoms with Crippen LogP contribution in [0.4, 0.5) is 10.4 Å². The van der Waals surface area contributed by atoms with Gasteiger partial charge in [0.25, 0.3) is 10.0 Å².